The Kier molecular flexibility index (Phi) is 5.14. The van der Waals surface area contributed by atoms with Gasteiger partial charge in [-0.15, -0.1) is 11.3 Å². The number of fused-ring (bicyclic) bond motifs is 1. The number of hydrogen-bond donors (Lipinski definition) is 1. The van der Waals surface area contributed by atoms with Crippen LogP contribution in [0.15, 0.2) is 6.07 Å². The zero-order valence-electron chi connectivity index (χ0n) is 12.6. The number of thiophene rings is 1. The van der Waals surface area contributed by atoms with Crippen LogP contribution in [0, 0.1) is 0 Å². The summed E-state index contributed by atoms with van der Waals surface area (Å²) in [7, 11) is 0. The van der Waals surface area contributed by atoms with Gasteiger partial charge in [-0.2, -0.15) is 0 Å². The summed E-state index contributed by atoms with van der Waals surface area (Å²) in [5.74, 6) is 0. The second-order valence-electron chi connectivity index (χ2n) is 6.13. The molecule has 2 atom stereocenters. The van der Waals surface area contributed by atoms with E-state index in [1.807, 2.05) is 0 Å². The van der Waals surface area contributed by atoms with Gasteiger partial charge >= 0.3 is 0 Å². The van der Waals surface area contributed by atoms with Crippen molar-refractivity contribution in [1.82, 2.24) is 5.32 Å². The van der Waals surface area contributed by atoms with Crippen molar-refractivity contribution in [2.24, 2.45) is 0 Å². The molecule has 2 nitrogen and oxygen atoms in total. The molecular formula is C17H27NOS. The Hall–Kier alpha value is -0.380. The van der Waals surface area contributed by atoms with Crippen LogP contribution in [0.1, 0.15) is 66.8 Å². The third kappa shape index (κ3) is 3.44. The van der Waals surface area contributed by atoms with Crippen molar-refractivity contribution in [2.45, 2.75) is 70.4 Å². The molecule has 1 aliphatic heterocycles. The molecule has 2 aliphatic rings. The van der Waals surface area contributed by atoms with Crippen LogP contribution < -0.4 is 5.32 Å². The second-order valence-corrected chi connectivity index (χ2v) is 7.30. The highest BCUT2D eigenvalue weighted by atomic mass is 32.1. The Labute approximate surface area is 126 Å². The monoisotopic (exact) mass is 293 g/mol. The Morgan fingerprint density at radius 2 is 2.25 bits per heavy atom. The highest BCUT2D eigenvalue weighted by molar-refractivity contribution is 7.12. The van der Waals surface area contributed by atoms with Gasteiger partial charge in [0.05, 0.1) is 6.10 Å². The van der Waals surface area contributed by atoms with Gasteiger partial charge in [-0.3, -0.25) is 0 Å². The molecule has 1 aromatic heterocycles. The summed E-state index contributed by atoms with van der Waals surface area (Å²) in [6, 6.07) is 3.03. The molecule has 1 aromatic rings. The molecule has 1 fully saturated rings. The van der Waals surface area contributed by atoms with E-state index in [1.165, 1.54) is 51.4 Å². The SMILES string of the molecule is CCNC(CCC1CCCO1)c1cc2c(s1)CCCC2. The lowest BCUT2D eigenvalue weighted by Crippen LogP contribution is -2.21. The van der Waals surface area contributed by atoms with Crippen LogP contribution in [0.4, 0.5) is 0 Å². The third-order valence-electron chi connectivity index (χ3n) is 4.61. The van der Waals surface area contributed by atoms with E-state index in [0.717, 1.165) is 13.2 Å². The van der Waals surface area contributed by atoms with Crippen molar-refractivity contribution in [1.29, 1.82) is 0 Å². The highest BCUT2D eigenvalue weighted by Gasteiger charge is 2.21. The summed E-state index contributed by atoms with van der Waals surface area (Å²) in [6.07, 6.45) is 10.8. The van der Waals surface area contributed by atoms with Crippen LogP contribution in [0.25, 0.3) is 0 Å². The summed E-state index contributed by atoms with van der Waals surface area (Å²) < 4.78 is 5.77. The van der Waals surface area contributed by atoms with Gasteiger partial charge in [0, 0.05) is 22.4 Å². The quantitative estimate of drug-likeness (QED) is 0.847. The number of ether oxygens (including phenoxy) is 1. The van der Waals surface area contributed by atoms with Gasteiger partial charge in [0.15, 0.2) is 0 Å². The predicted molar refractivity (Wildman–Crippen MR) is 85.6 cm³/mol. The molecule has 0 saturated carbocycles. The van der Waals surface area contributed by atoms with E-state index in [-0.39, 0.29) is 0 Å². The standard InChI is InChI=1S/C17H27NOS/c1-2-18-15(10-9-14-7-5-11-19-14)17-12-13-6-3-4-8-16(13)20-17/h12,14-15,18H,2-11H2,1H3. The first-order chi connectivity index (χ1) is 9.86. The molecule has 0 bridgehead atoms. The Bertz CT molecular complexity index is 399. The smallest absolute Gasteiger partial charge is 0.0576 e. The fourth-order valence-corrected chi connectivity index (χ4v) is 4.87. The molecule has 20 heavy (non-hydrogen) atoms. The van der Waals surface area contributed by atoms with Crippen molar-refractivity contribution in [3.05, 3.63) is 21.4 Å². The molecule has 2 unspecified atom stereocenters. The second kappa shape index (κ2) is 7.06. The first-order valence-electron chi connectivity index (χ1n) is 8.33. The maximum absolute atomic E-state index is 5.77. The summed E-state index contributed by atoms with van der Waals surface area (Å²) in [5, 5.41) is 3.69. The average molecular weight is 293 g/mol. The Morgan fingerprint density at radius 3 is 3.00 bits per heavy atom. The third-order valence-corrected chi connectivity index (χ3v) is 5.96. The first-order valence-corrected chi connectivity index (χ1v) is 9.15. The minimum Gasteiger partial charge on any atom is -0.378 e. The number of nitrogens with one attached hydrogen (secondary N) is 1. The van der Waals surface area contributed by atoms with E-state index in [4.69, 9.17) is 4.74 Å². The predicted octanol–water partition coefficient (Wildman–Crippen LogP) is 4.24. The zero-order valence-corrected chi connectivity index (χ0v) is 13.4. The van der Waals surface area contributed by atoms with Crippen LogP contribution >= 0.6 is 11.3 Å². The van der Waals surface area contributed by atoms with Crippen LogP contribution in [0.3, 0.4) is 0 Å². The van der Waals surface area contributed by atoms with E-state index in [9.17, 15) is 0 Å². The molecular weight excluding hydrogens is 266 g/mol. The topological polar surface area (TPSA) is 21.3 Å². The van der Waals surface area contributed by atoms with Gasteiger partial charge < -0.3 is 10.1 Å². The lowest BCUT2D eigenvalue weighted by Gasteiger charge is -2.18. The number of rotatable bonds is 6. The molecule has 112 valence electrons. The first kappa shape index (κ1) is 14.6. The number of hydrogen-bond acceptors (Lipinski definition) is 3. The molecule has 2 heterocycles. The molecule has 0 amide bonds. The maximum atomic E-state index is 5.77. The van der Waals surface area contributed by atoms with Crippen molar-refractivity contribution < 1.29 is 4.74 Å². The van der Waals surface area contributed by atoms with Gasteiger partial charge in [0.2, 0.25) is 0 Å². The summed E-state index contributed by atoms with van der Waals surface area (Å²) in [5.41, 5.74) is 1.64. The van der Waals surface area contributed by atoms with Crippen LogP contribution in [-0.4, -0.2) is 19.3 Å². The van der Waals surface area contributed by atoms with Gasteiger partial charge in [-0.05, 0) is 69.5 Å². The molecule has 0 aromatic carbocycles. The van der Waals surface area contributed by atoms with Gasteiger partial charge in [-0.25, -0.2) is 0 Å². The molecule has 0 spiro atoms. The molecule has 3 rings (SSSR count). The van der Waals surface area contributed by atoms with Gasteiger partial charge in [0.1, 0.15) is 0 Å². The maximum Gasteiger partial charge on any atom is 0.0576 e. The van der Waals surface area contributed by atoms with E-state index in [0.29, 0.717) is 12.1 Å². The average Bonchev–Trinajstić information content (AvgIpc) is 3.12. The molecule has 1 saturated heterocycles. The largest absolute Gasteiger partial charge is 0.378 e. The molecule has 1 N–H and O–H groups in total. The fourth-order valence-electron chi connectivity index (χ4n) is 3.50. The van der Waals surface area contributed by atoms with Crippen molar-refractivity contribution in [3.63, 3.8) is 0 Å². The normalized spacial score (nSPS) is 23.8. The fraction of sp³-hybridized carbons (Fsp3) is 0.765. The lowest BCUT2D eigenvalue weighted by atomic mass is 9.98. The van der Waals surface area contributed by atoms with Crippen LogP contribution in [0.5, 0.6) is 0 Å². The van der Waals surface area contributed by atoms with Gasteiger partial charge in [-0.1, -0.05) is 6.92 Å². The molecule has 3 heteroatoms. The minimum absolute atomic E-state index is 0.519. The summed E-state index contributed by atoms with van der Waals surface area (Å²) >= 11 is 2.06. The minimum atomic E-state index is 0.519. The van der Waals surface area contributed by atoms with Crippen LogP contribution in [0.2, 0.25) is 0 Å². The summed E-state index contributed by atoms with van der Waals surface area (Å²) in [6.45, 7) is 4.25. The number of aryl methyl sites for hydroxylation is 2. The van der Waals surface area contributed by atoms with Crippen molar-refractivity contribution in [2.75, 3.05) is 13.2 Å². The van der Waals surface area contributed by atoms with E-state index >= 15 is 0 Å². The zero-order chi connectivity index (χ0) is 13.8. The lowest BCUT2D eigenvalue weighted by molar-refractivity contribution is 0.0997. The Balaban J connectivity index is 1.64. The Morgan fingerprint density at radius 1 is 1.35 bits per heavy atom. The van der Waals surface area contributed by atoms with Crippen molar-refractivity contribution >= 4 is 11.3 Å². The molecule has 1 aliphatic carbocycles. The van der Waals surface area contributed by atoms with E-state index in [1.54, 1.807) is 15.3 Å². The van der Waals surface area contributed by atoms with Gasteiger partial charge in [0.25, 0.3) is 0 Å². The summed E-state index contributed by atoms with van der Waals surface area (Å²) in [4.78, 5) is 3.23. The van der Waals surface area contributed by atoms with Crippen molar-refractivity contribution in [3.8, 4) is 0 Å². The van der Waals surface area contributed by atoms with Crippen LogP contribution in [-0.2, 0) is 17.6 Å². The van der Waals surface area contributed by atoms with E-state index < -0.39 is 0 Å². The highest BCUT2D eigenvalue weighted by Crippen LogP contribution is 2.35. The van der Waals surface area contributed by atoms with E-state index in [2.05, 4.69) is 29.6 Å². The molecule has 0 radical (unpaired) electrons.